The lowest BCUT2D eigenvalue weighted by Gasteiger charge is -2.47. The van der Waals surface area contributed by atoms with Gasteiger partial charge in [-0.3, -0.25) is 14.5 Å². The Morgan fingerprint density at radius 3 is 2.26 bits per heavy atom. The van der Waals surface area contributed by atoms with E-state index in [0.29, 0.717) is 12.5 Å². The van der Waals surface area contributed by atoms with Gasteiger partial charge in [-0.1, -0.05) is 0 Å². The van der Waals surface area contributed by atoms with Crippen LogP contribution in [0.3, 0.4) is 0 Å². The van der Waals surface area contributed by atoms with Crippen LogP contribution in [0, 0.1) is 17.8 Å². The lowest BCUT2D eigenvalue weighted by atomic mass is 9.60. The molecule has 1 aromatic heterocycles. The third kappa shape index (κ3) is 5.34. The number of aliphatic carboxylic acids is 1. The number of hydrogen-bond acceptors (Lipinski definition) is 6. The molecule has 196 valence electrons. The molecule has 35 heavy (non-hydrogen) atoms. The van der Waals surface area contributed by atoms with Gasteiger partial charge in [-0.25, -0.2) is 4.79 Å². The van der Waals surface area contributed by atoms with E-state index >= 15 is 0 Å². The van der Waals surface area contributed by atoms with Crippen molar-refractivity contribution < 1.29 is 37.4 Å². The van der Waals surface area contributed by atoms with E-state index in [-0.39, 0.29) is 16.7 Å². The average Bonchev–Trinajstić information content (AvgIpc) is 3.45. The fourth-order valence-electron chi connectivity index (χ4n) is 5.64. The van der Waals surface area contributed by atoms with Crippen LogP contribution in [0.15, 0.2) is 11.4 Å². The van der Waals surface area contributed by atoms with E-state index in [1.165, 1.54) is 11.3 Å². The smallest absolute Gasteiger partial charge is 0.475 e. The van der Waals surface area contributed by atoms with Gasteiger partial charge in [-0.15, -0.1) is 11.3 Å². The van der Waals surface area contributed by atoms with E-state index in [1.807, 2.05) is 35.2 Å². The molecule has 4 heterocycles. The second-order valence-electron chi connectivity index (χ2n) is 9.57. The number of likely N-dealkylation sites (tertiary alicyclic amines) is 3. The van der Waals surface area contributed by atoms with Gasteiger partial charge in [0.1, 0.15) is 0 Å². The van der Waals surface area contributed by atoms with Gasteiger partial charge in [-0.2, -0.15) is 13.2 Å². The number of rotatable bonds is 4. The Morgan fingerprint density at radius 2 is 1.80 bits per heavy atom. The number of carboxylic acid groups (broad SMARTS) is 1. The predicted molar refractivity (Wildman–Crippen MR) is 123 cm³/mol. The van der Waals surface area contributed by atoms with Gasteiger partial charge in [0.15, 0.2) is 0 Å². The number of carbonyl (C=O) groups excluding carboxylic acids is 2. The first-order chi connectivity index (χ1) is 16.4. The summed E-state index contributed by atoms with van der Waals surface area (Å²) in [5.74, 6) is -2.30. The van der Waals surface area contributed by atoms with Crippen molar-refractivity contribution in [2.75, 3.05) is 60.0 Å². The molecule has 0 saturated carbocycles. The van der Waals surface area contributed by atoms with Crippen molar-refractivity contribution in [2.24, 2.45) is 10.8 Å². The molecule has 2 amide bonds. The summed E-state index contributed by atoms with van der Waals surface area (Å²) in [4.78, 5) is 42.3. The second kappa shape index (κ2) is 10.4. The number of hydrogen-bond donors (Lipinski definition) is 1. The highest BCUT2D eigenvalue weighted by Gasteiger charge is 2.64. The number of alkyl halides is 3. The largest absolute Gasteiger partial charge is 0.490 e. The topological polar surface area (TPSA) is 90.4 Å². The number of halogens is 3. The summed E-state index contributed by atoms with van der Waals surface area (Å²) in [5.41, 5.74) is 0.749. The van der Waals surface area contributed by atoms with Crippen LogP contribution in [-0.2, 0) is 14.3 Å². The summed E-state index contributed by atoms with van der Waals surface area (Å²) < 4.78 is 37.0. The lowest BCUT2D eigenvalue weighted by molar-refractivity contribution is -0.192. The third-order valence-electron chi connectivity index (χ3n) is 7.58. The molecule has 12 heteroatoms. The van der Waals surface area contributed by atoms with E-state index < -0.39 is 12.1 Å². The van der Waals surface area contributed by atoms with Gasteiger partial charge in [0, 0.05) is 58.8 Å². The first kappa shape index (κ1) is 27.4. The maximum absolute atomic E-state index is 13.3. The molecule has 0 aliphatic carbocycles. The summed E-state index contributed by atoms with van der Waals surface area (Å²) in [6.45, 7) is 7.66. The Morgan fingerprint density at radius 1 is 1.17 bits per heavy atom. The van der Waals surface area contributed by atoms with Gasteiger partial charge < -0.3 is 19.6 Å². The Kier molecular flexibility index (Phi) is 8.17. The SMILES string of the molecule is COCCN1CC2(CCN(C(=O)c3sccc3C)CC2)C2(CCN(C)C2=O)C1.O=C(O)C(F)(F)F. The minimum absolute atomic E-state index is 0.0239. The Hall–Kier alpha value is -2.18. The molecule has 3 aliphatic rings. The van der Waals surface area contributed by atoms with E-state index in [1.54, 1.807) is 7.11 Å². The fourth-order valence-corrected chi connectivity index (χ4v) is 6.54. The molecule has 1 atom stereocenters. The first-order valence-electron chi connectivity index (χ1n) is 11.5. The molecule has 0 aromatic carbocycles. The van der Waals surface area contributed by atoms with Gasteiger partial charge in [0.2, 0.25) is 5.91 Å². The van der Waals surface area contributed by atoms with Crippen molar-refractivity contribution in [3.05, 3.63) is 21.9 Å². The number of thiophene rings is 1. The number of fused-ring (bicyclic) bond motifs is 1. The Balaban J connectivity index is 0.000000429. The maximum Gasteiger partial charge on any atom is 0.490 e. The van der Waals surface area contributed by atoms with Crippen molar-refractivity contribution in [1.82, 2.24) is 14.7 Å². The number of nitrogens with zero attached hydrogens (tertiary/aromatic N) is 3. The number of aryl methyl sites for hydroxylation is 1. The number of piperidine rings is 1. The van der Waals surface area contributed by atoms with E-state index in [0.717, 1.165) is 69.0 Å². The van der Waals surface area contributed by atoms with Crippen LogP contribution in [-0.4, -0.2) is 104 Å². The standard InChI is InChI=1S/C21H31N3O3S.C2HF3O2/c1-16-4-13-28-17(16)18(25)24-9-5-20(6-10-24)14-23(11-12-27-3)15-21(20)7-8-22(2)19(21)26;3-2(4,5)1(6)7/h4,13H,5-12,14-15H2,1-3H3;(H,6,7). The normalized spacial score (nSPS) is 24.2. The minimum atomic E-state index is -5.08. The van der Waals surface area contributed by atoms with Crippen molar-refractivity contribution >= 4 is 29.1 Å². The molecule has 0 radical (unpaired) electrons. The van der Waals surface area contributed by atoms with Crippen LogP contribution >= 0.6 is 11.3 Å². The monoisotopic (exact) mass is 519 g/mol. The summed E-state index contributed by atoms with van der Waals surface area (Å²) >= 11 is 1.53. The minimum Gasteiger partial charge on any atom is -0.475 e. The number of carbonyl (C=O) groups is 3. The van der Waals surface area contributed by atoms with Gasteiger partial charge in [0.05, 0.1) is 16.9 Å². The quantitative estimate of drug-likeness (QED) is 0.658. The molecule has 1 unspecified atom stereocenters. The zero-order valence-corrected chi connectivity index (χ0v) is 21.0. The van der Waals surface area contributed by atoms with Crippen molar-refractivity contribution in [3.8, 4) is 0 Å². The molecule has 3 fully saturated rings. The van der Waals surface area contributed by atoms with Crippen LogP contribution in [0.1, 0.15) is 34.5 Å². The van der Waals surface area contributed by atoms with E-state index in [2.05, 4.69) is 4.90 Å². The van der Waals surface area contributed by atoms with Crippen LogP contribution in [0.4, 0.5) is 13.2 Å². The molecule has 3 saturated heterocycles. The molecule has 3 aliphatic heterocycles. The van der Waals surface area contributed by atoms with Gasteiger partial charge in [-0.05, 0) is 43.2 Å². The van der Waals surface area contributed by atoms with E-state index in [9.17, 15) is 22.8 Å². The highest BCUT2D eigenvalue weighted by molar-refractivity contribution is 7.12. The van der Waals surface area contributed by atoms with Gasteiger partial charge in [0.25, 0.3) is 5.91 Å². The molecular weight excluding hydrogens is 487 g/mol. The Bertz CT molecular complexity index is 945. The molecule has 2 spiro atoms. The molecule has 1 aromatic rings. The van der Waals surface area contributed by atoms with Crippen LogP contribution < -0.4 is 0 Å². The number of amides is 2. The fraction of sp³-hybridized carbons (Fsp3) is 0.696. The molecule has 4 rings (SSSR count). The summed E-state index contributed by atoms with van der Waals surface area (Å²) in [5, 5.41) is 9.11. The molecular formula is C23H32F3N3O5S. The number of ether oxygens (including phenoxy) is 1. The zero-order valence-electron chi connectivity index (χ0n) is 20.2. The van der Waals surface area contributed by atoms with Crippen molar-refractivity contribution in [1.29, 1.82) is 0 Å². The molecule has 8 nitrogen and oxygen atoms in total. The maximum atomic E-state index is 13.3. The van der Waals surface area contributed by atoms with Crippen molar-refractivity contribution in [2.45, 2.75) is 32.4 Å². The first-order valence-corrected chi connectivity index (χ1v) is 12.4. The predicted octanol–water partition coefficient (Wildman–Crippen LogP) is 2.72. The number of carboxylic acids is 1. The van der Waals surface area contributed by atoms with Crippen LogP contribution in [0.5, 0.6) is 0 Å². The van der Waals surface area contributed by atoms with Crippen molar-refractivity contribution in [3.63, 3.8) is 0 Å². The van der Waals surface area contributed by atoms with E-state index in [4.69, 9.17) is 14.6 Å². The Labute approximate surface area is 206 Å². The highest BCUT2D eigenvalue weighted by atomic mass is 32.1. The summed E-state index contributed by atoms with van der Waals surface area (Å²) in [6.07, 6.45) is -2.33. The third-order valence-corrected chi connectivity index (χ3v) is 8.59. The van der Waals surface area contributed by atoms with Crippen LogP contribution in [0.25, 0.3) is 0 Å². The average molecular weight is 520 g/mol. The molecule has 1 N–H and O–H groups in total. The number of methoxy groups -OCH3 is 1. The zero-order chi connectivity index (χ0) is 26.0. The van der Waals surface area contributed by atoms with Crippen LogP contribution in [0.2, 0.25) is 0 Å². The summed E-state index contributed by atoms with van der Waals surface area (Å²) in [6, 6.07) is 2.01. The van der Waals surface area contributed by atoms with Gasteiger partial charge >= 0.3 is 12.1 Å². The molecule has 0 bridgehead atoms. The second-order valence-corrected chi connectivity index (χ2v) is 10.5. The lowest BCUT2D eigenvalue weighted by Crippen LogP contribution is -2.53. The summed E-state index contributed by atoms with van der Waals surface area (Å²) in [7, 11) is 3.66. The highest BCUT2D eigenvalue weighted by Crippen LogP contribution is 2.57.